The molecule has 3 N–H and O–H groups in total. The first-order chi connectivity index (χ1) is 8.09. The summed E-state index contributed by atoms with van der Waals surface area (Å²) >= 11 is 5.95. The first kappa shape index (κ1) is 12.2. The second-order valence-corrected chi connectivity index (χ2v) is 5.06. The standard InChI is InChI=1S/C13H18ClN3/c1-17(10-4-2-3-5-10)12-7-6-9(14)8-11(12)13(15)16/h6-8,10H,2-5H2,1H3,(H3,15,16). The van der Waals surface area contributed by atoms with Crippen molar-refractivity contribution in [2.45, 2.75) is 31.7 Å². The largest absolute Gasteiger partial charge is 0.384 e. The molecule has 1 aromatic rings. The summed E-state index contributed by atoms with van der Waals surface area (Å²) in [5.41, 5.74) is 7.35. The number of nitrogens with two attached hydrogens (primary N) is 1. The molecule has 0 aromatic heterocycles. The maximum Gasteiger partial charge on any atom is 0.124 e. The van der Waals surface area contributed by atoms with Crippen molar-refractivity contribution in [3.63, 3.8) is 0 Å². The highest BCUT2D eigenvalue weighted by Gasteiger charge is 2.22. The molecule has 0 atom stereocenters. The number of halogens is 1. The number of nitrogen functional groups attached to an aromatic ring is 1. The van der Waals surface area contributed by atoms with Gasteiger partial charge in [-0.05, 0) is 31.0 Å². The summed E-state index contributed by atoms with van der Waals surface area (Å²) in [5, 5.41) is 8.25. The van der Waals surface area contributed by atoms with Crippen LogP contribution in [-0.4, -0.2) is 18.9 Å². The minimum atomic E-state index is 0.0762. The van der Waals surface area contributed by atoms with Crippen LogP contribution in [-0.2, 0) is 0 Å². The van der Waals surface area contributed by atoms with Gasteiger partial charge in [-0.25, -0.2) is 0 Å². The zero-order valence-corrected chi connectivity index (χ0v) is 10.8. The van der Waals surface area contributed by atoms with Gasteiger partial charge in [0.15, 0.2) is 0 Å². The van der Waals surface area contributed by atoms with E-state index in [4.69, 9.17) is 22.7 Å². The summed E-state index contributed by atoms with van der Waals surface area (Å²) in [6.07, 6.45) is 5.02. The Labute approximate surface area is 107 Å². The maximum atomic E-state index is 7.63. The lowest BCUT2D eigenvalue weighted by atomic mass is 10.1. The van der Waals surface area contributed by atoms with E-state index in [0.29, 0.717) is 11.1 Å². The van der Waals surface area contributed by atoms with Crippen LogP contribution < -0.4 is 10.6 Å². The van der Waals surface area contributed by atoms with E-state index in [-0.39, 0.29) is 5.84 Å². The Kier molecular flexibility index (Phi) is 3.57. The topological polar surface area (TPSA) is 53.1 Å². The van der Waals surface area contributed by atoms with Crippen LogP contribution in [0, 0.1) is 5.41 Å². The Hall–Kier alpha value is -1.22. The van der Waals surface area contributed by atoms with E-state index in [1.165, 1.54) is 25.7 Å². The molecule has 0 aliphatic heterocycles. The first-order valence-corrected chi connectivity index (χ1v) is 6.34. The van der Waals surface area contributed by atoms with Crippen LogP contribution in [0.25, 0.3) is 0 Å². The summed E-state index contributed by atoms with van der Waals surface area (Å²) in [4.78, 5) is 2.24. The van der Waals surface area contributed by atoms with Crippen LogP contribution in [0.2, 0.25) is 5.02 Å². The van der Waals surface area contributed by atoms with E-state index in [1.54, 1.807) is 6.07 Å². The Morgan fingerprint density at radius 1 is 1.41 bits per heavy atom. The van der Waals surface area contributed by atoms with Crippen LogP contribution in [0.4, 0.5) is 5.69 Å². The van der Waals surface area contributed by atoms with Crippen molar-refractivity contribution in [1.82, 2.24) is 0 Å². The van der Waals surface area contributed by atoms with E-state index >= 15 is 0 Å². The van der Waals surface area contributed by atoms with Crippen molar-refractivity contribution in [2.75, 3.05) is 11.9 Å². The summed E-state index contributed by atoms with van der Waals surface area (Å²) in [7, 11) is 2.08. The fourth-order valence-electron chi connectivity index (χ4n) is 2.52. The number of anilines is 1. The molecular formula is C13H18ClN3. The minimum absolute atomic E-state index is 0.0762. The van der Waals surface area contributed by atoms with Crippen LogP contribution in [0.15, 0.2) is 18.2 Å². The lowest BCUT2D eigenvalue weighted by Crippen LogP contribution is -2.31. The third-order valence-electron chi connectivity index (χ3n) is 3.50. The van der Waals surface area contributed by atoms with Crippen molar-refractivity contribution in [2.24, 2.45) is 5.73 Å². The van der Waals surface area contributed by atoms with Crippen LogP contribution >= 0.6 is 11.6 Å². The van der Waals surface area contributed by atoms with Gasteiger partial charge >= 0.3 is 0 Å². The molecule has 0 heterocycles. The van der Waals surface area contributed by atoms with Crippen molar-refractivity contribution in [3.05, 3.63) is 28.8 Å². The Bertz CT molecular complexity index is 425. The fourth-order valence-corrected chi connectivity index (χ4v) is 2.69. The van der Waals surface area contributed by atoms with Gasteiger partial charge in [-0.2, -0.15) is 0 Å². The highest BCUT2D eigenvalue weighted by molar-refractivity contribution is 6.31. The third kappa shape index (κ3) is 2.55. The smallest absolute Gasteiger partial charge is 0.124 e. The normalized spacial score (nSPS) is 16.1. The van der Waals surface area contributed by atoms with Gasteiger partial charge in [0.1, 0.15) is 5.84 Å². The second-order valence-electron chi connectivity index (χ2n) is 4.62. The number of benzene rings is 1. The molecule has 0 amide bonds. The van der Waals surface area contributed by atoms with E-state index in [1.807, 2.05) is 12.1 Å². The van der Waals surface area contributed by atoms with Gasteiger partial charge in [-0.1, -0.05) is 24.4 Å². The zero-order chi connectivity index (χ0) is 12.4. The maximum absolute atomic E-state index is 7.63. The average Bonchev–Trinajstić information content (AvgIpc) is 2.81. The molecule has 0 spiro atoms. The summed E-state index contributed by atoms with van der Waals surface area (Å²) < 4.78 is 0. The van der Waals surface area contributed by atoms with Crippen molar-refractivity contribution < 1.29 is 0 Å². The lowest BCUT2D eigenvalue weighted by Gasteiger charge is -2.28. The van der Waals surface area contributed by atoms with E-state index < -0.39 is 0 Å². The number of amidine groups is 1. The monoisotopic (exact) mass is 251 g/mol. The molecule has 1 aliphatic rings. The molecule has 1 aromatic carbocycles. The second kappa shape index (κ2) is 4.96. The van der Waals surface area contributed by atoms with Crippen LogP contribution in [0.5, 0.6) is 0 Å². The lowest BCUT2D eigenvalue weighted by molar-refractivity contribution is 0.653. The van der Waals surface area contributed by atoms with Gasteiger partial charge in [-0.15, -0.1) is 0 Å². The van der Waals surface area contributed by atoms with E-state index in [2.05, 4.69) is 11.9 Å². The van der Waals surface area contributed by atoms with Gasteiger partial charge in [0.25, 0.3) is 0 Å². The quantitative estimate of drug-likeness (QED) is 0.641. The molecule has 0 saturated heterocycles. The van der Waals surface area contributed by atoms with Crippen molar-refractivity contribution in [3.8, 4) is 0 Å². The van der Waals surface area contributed by atoms with Crippen LogP contribution in [0.3, 0.4) is 0 Å². The summed E-state index contributed by atoms with van der Waals surface area (Å²) in [5.74, 6) is 0.0762. The Morgan fingerprint density at radius 2 is 2.06 bits per heavy atom. The number of hydrogen-bond acceptors (Lipinski definition) is 2. The highest BCUT2D eigenvalue weighted by Crippen LogP contribution is 2.30. The van der Waals surface area contributed by atoms with Crippen molar-refractivity contribution in [1.29, 1.82) is 5.41 Å². The zero-order valence-electron chi connectivity index (χ0n) is 10.0. The number of hydrogen-bond donors (Lipinski definition) is 2. The Morgan fingerprint density at radius 3 is 2.65 bits per heavy atom. The van der Waals surface area contributed by atoms with Gasteiger partial charge in [-0.3, -0.25) is 5.41 Å². The molecule has 1 fully saturated rings. The molecule has 2 rings (SSSR count). The van der Waals surface area contributed by atoms with Crippen molar-refractivity contribution >= 4 is 23.1 Å². The molecule has 1 saturated carbocycles. The molecular weight excluding hydrogens is 234 g/mol. The van der Waals surface area contributed by atoms with Crippen LogP contribution in [0.1, 0.15) is 31.2 Å². The molecule has 92 valence electrons. The van der Waals surface area contributed by atoms with Gasteiger partial charge in [0, 0.05) is 29.4 Å². The molecule has 0 unspecified atom stereocenters. The number of nitrogens with zero attached hydrogens (tertiary/aromatic N) is 1. The molecule has 3 nitrogen and oxygen atoms in total. The molecule has 0 bridgehead atoms. The van der Waals surface area contributed by atoms with Gasteiger partial charge in [0.2, 0.25) is 0 Å². The highest BCUT2D eigenvalue weighted by atomic mass is 35.5. The predicted molar refractivity (Wildman–Crippen MR) is 73.1 cm³/mol. The Balaban J connectivity index is 2.33. The summed E-state index contributed by atoms with van der Waals surface area (Å²) in [6.45, 7) is 0. The van der Waals surface area contributed by atoms with E-state index in [9.17, 15) is 0 Å². The fraction of sp³-hybridized carbons (Fsp3) is 0.462. The third-order valence-corrected chi connectivity index (χ3v) is 3.74. The molecule has 1 aliphatic carbocycles. The van der Waals surface area contributed by atoms with E-state index in [0.717, 1.165) is 11.3 Å². The SMILES string of the molecule is CN(c1ccc(Cl)cc1C(=N)N)C1CCCC1. The minimum Gasteiger partial charge on any atom is -0.384 e. The first-order valence-electron chi connectivity index (χ1n) is 5.96. The molecule has 0 radical (unpaired) electrons. The predicted octanol–water partition coefficient (Wildman–Crippen LogP) is 3.00. The molecule has 17 heavy (non-hydrogen) atoms. The molecule has 4 heteroatoms. The average molecular weight is 252 g/mol. The number of rotatable bonds is 3. The summed E-state index contributed by atoms with van der Waals surface area (Å²) in [6, 6.07) is 6.14. The van der Waals surface area contributed by atoms with Gasteiger partial charge in [0.05, 0.1) is 0 Å². The van der Waals surface area contributed by atoms with Gasteiger partial charge < -0.3 is 10.6 Å². The number of nitrogens with one attached hydrogen (secondary N) is 1.